The number of aliphatic carboxylic acids is 1. The molecule has 1 unspecified atom stereocenters. The quantitative estimate of drug-likeness (QED) is 0.681. The van der Waals surface area contributed by atoms with E-state index in [1.807, 2.05) is 42.5 Å². The van der Waals surface area contributed by atoms with E-state index in [9.17, 15) is 14.7 Å². The maximum atomic E-state index is 12.4. The van der Waals surface area contributed by atoms with Crippen molar-refractivity contribution in [1.82, 2.24) is 5.32 Å². The Labute approximate surface area is 148 Å². The smallest absolute Gasteiger partial charge is 0.305 e. The Balaban J connectivity index is 2.21. The number of hydrogen-bond donors (Lipinski definition) is 2. The first kappa shape index (κ1) is 18.9. The van der Waals surface area contributed by atoms with E-state index in [2.05, 4.69) is 12.2 Å². The number of unbranched alkanes of at least 4 members (excludes halogenated alkanes) is 1. The maximum absolute atomic E-state index is 12.4. The number of ether oxygens (including phenoxy) is 1. The molecule has 1 amide bonds. The topological polar surface area (TPSA) is 75.6 Å². The van der Waals surface area contributed by atoms with Crippen LogP contribution in [0.4, 0.5) is 0 Å². The van der Waals surface area contributed by atoms with Gasteiger partial charge in [-0.1, -0.05) is 55.8 Å². The number of fused-ring (bicyclic) bond motifs is 1. The van der Waals surface area contributed by atoms with E-state index in [4.69, 9.17) is 4.74 Å². The van der Waals surface area contributed by atoms with Gasteiger partial charge in [-0.3, -0.25) is 9.59 Å². The van der Waals surface area contributed by atoms with Crippen LogP contribution in [-0.4, -0.2) is 29.7 Å². The predicted octanol–water partition coefficient (Wildman–Crippen LogP) is 3.68. The van der Waals surface area contributed by atoms with Crippen LogP contribution in [-0.2, 0) is 14.3 Å². The third-order valence-electron chi connectivity index (χ3n) is 4.13. The molecule has 0 spiro atoms. The van der Waals surface area contributed by atoms with Gasteiger partial charge in [-0.15, -0.1) is 0 Å². The first-order valence-electron chi connectivity index (χ1n) is 8.64. The van der Waals surface area contributed by atoms with Crippen molar-refractivity contribution < 1.29 is 19.4 Å². The number of carboxylic acids is 1. The number of benzene rings is 2. The second kappa shape index (κ2) is 9.18. The third kappa shape index (κ3) is 5.29. The molecule has 0 heterocycles. The fourth-order valence-corrected chi connectivity index (χ4v) is 2.74. The summed E-state index contributed by atoms with van der Waals surface area (Å²) < 4.78 is 5.51. The van der Waals surface area contributed by atoms with Gasteiger partial charge in [-0.2, -0.15) is 0 Å². The zero-order chi connectivity index (χ0) is 18.2. The van der Waals surface area contributed by atoms with E-state index in [-0.39, 0.29) is 12.3 Å². The molecule has 0 bridgehead atoms. The monoisotopic (exact) mass is 343 g/mol. The fourth-order valence-electron chi connectivity index (χ4n) is 2.74. The van der Waals surface area contributed by atoms with E-state index in [1.54, 1.807) is 6.92 Å². The SMILES string of the molecule is CCCCOC(C)C(=O)N[C@H](CC(=O)O)c1cccc2ccccc12. The van der Waals surface area contributed by atoms with Crippen LogP contribution in [0.25, 0.3) is 10.8 Å². The van der Waals surface area contributed by atoms with Crippen LogP contribution in [0.2, 0.25) is 0 Å². The second-order valence-corrected chi connectivity index (χ2v) is 6.09. The lowest BCUT2D eigenvalue weighted by molar-refractivity contribution is -0.138. The van der Waals surface area contributed by atoms with Gasteiger partial charge in [0.1, 0.15) is 6.10 Å². The number of hydrogen-bond acceptors (Lipinski definition) is 3. The molecule has 2 aromatic rings. The molecule has 0 saturated heterocycles. The molecular weight excluding hydrogens is 318 g/mol. The number of carbonyl (C=O) groups is 2. The van der Waals surface area contributed by atoms with Crippen LogP contribution in [0.15, 0.2) is 42.5 Å². The number of amides is 1. The highest BCUT2D eigenvalue weighted by molar-refractivity contribution is 5.88. The summed E-state index contributed by atoms with van der Waals surface area (Å²) in [6.07, 6.45) is 1.09. The van der Waals surface area contributed by atoms with E-state index in [1.165, 1.54) is 0 Å². The first-order chi connectivity index (χ1) is 12.0. The summed E-state index contributed by atoms with van der Waals surface area (Å²) >= 11 is 0. The summed E-state index contributed by atoms with van der Waals surface area (Å²) in [5.41, 5.74) is 0.801. The average Bonchev–Trinajstić information content (AvgIpc) is 2.60. The van der Waals surface area contributed by atoms with Crippen molar-refractivity contribution in [2.75, 3.05) is 6.61 Å². The Hall–Kier alpha value is -2.40. The number of nitrogens with one attached hydrogen (secondary N) is 1. The van der Waals surface area contributed by atoms with Crippen LogP contribution in [0, 0.1) is 0 Å². The molecule has 2 aromatic carbocycles. The molecule has 5 nitrogen and oxygen atoms in total. The van der Waals surface area contributed by atoms with Gasteiger partial charge in [0, 0.05) is 6.61 Å². The summed E-state index contributed by atoms with van der Waals surface area (Å²) in [5, 5.41) is 14.1. The predicted molar refractivity (Wildman–Crippen MR) is 97.4 cm³/mol. The summed E-state index contributed by atoms with van der Waals surface area (Å²) in [5.74, 6) is -1.26. The minimum absolute atomic E-state index is 0.179. The zero-order valence-corrected chi connectivity index (χ0v) is 14.7. The van der Waals surface area contributed by atoms with Gasteiger partial charge in [0.25, 0.3) is 0 Å². The third-order valence-corrected chi connectivity index (χ3v) is 4.13. The minimum Gasteiger partial charge on any atom is -0.481 e. The molecule has 0 aliphatic rings. The van der Waals surface area contributed by atoms with E-state index >= 15 is 0 Å². The summed E-state index contributed by atoms with van der Waals surface area (Å²) in [6, 6.07) is 12.8. The van der Waals surface area contributed by atoms with Crippen molar-refractivity contribution in [3.63, 3.8) is 0 Å². The highest BCUT2D eigenvalue weighted by atomic mass is 16.5. The van der Waals surface area contributed by atoms with Gasteiger partial charge < -0.3 is 15.2 Å². The van der Waals surface area contributed by atoms with Gasteiger partial charge in [0.2, 0.25) is 5.91 Å². The lowest BCUT2D eigenvalue weighted by Gasteiger charge is -2.22. The van der Waals surface area contributed by atoms with Gasteiger partial charge in [-0.25, -0.2) is 0 Å². The molecule has 2 N–H and O–H groups in total. The minimum atomic E-state index is -0.960. The van der Waals surface area contributed by atoms with Crippen LogP contribution < -0.4 is 5.32 Å². The molecule has 0 aliphatic carbocycles. The molecule has 0 aliphatic heterocycles. The van der Waals surface area contributed by atoms with Crippen molar-refractivity contribution >= 4 is 22.6 Å². The highest BCUT2D eigenvalue weighted by Gasteiger charge is 2.23. The van der Waals surface area contributed by atoms with Crippen LogP contribution >= 0.6 is 0 Å². The molecule has 2 rings (SSSR count). The largest absolute Gasteiger partial charge is 0.481 e. The summed E-state index contributed by atoms with van der Waals surface area (Å²) in [4.78, 5) is 23.7. The van der Waals surface area contributed by atoms with Gasteiger partial charge >= 0.3 is 5.97 Å². The molecule has 0 saturated carbocycles. The number of rotatable bonds is 9. The van der Waals surface area contributed by atoms with Crippen molar-refractivity contribution in [2.45, 2.75) is 45.3 Å². The molecule has 2 atom stereocenters. The molecule has 5 heteroatoms. The van der Waals surface area contributed by atoms with Crippen molar-refractivity contribution in [1.29, 1.82) is 0 Å². The Morgan fingerprint density at radius 2 is 1.88 bits per heavy atom. The van der Waals surface area contributed by atoms with Crippen LogP contribution in [0.1, 0.15) is 44.7 Å². The van der Waals surface area contributed by atoms with Crippen molar-refractivity contribution in [3.05, 3.63) is 48.0 Å². The summed E-state index contributed by atoms with van der Waals surface area (Å²) in [6.45, 7) is 4.26. The van der Waals surface area contributed by atoms with Crippen molar-refractivity contribution in [3.8, 4) is 0 Å². The van der Waals surface area contributed by atoms with Crippen LogP contribution in [0.5, 0.6) is 0 Å². The summed E-state index contributed by atoms with van der Waals surface area (Å²) in [7, 11) is 0. The maximum Gasteiger partial charge on any atom is 0.305 e. The Morgan fingerprint density at radius 1 is 1.16 bits per heavy atom. The van der Waals surface area contributed by atoms with Crippen LogP contribution in [0.3, 0.4) is 0 Å². The molecule has 0 fully saturated rings. The first-order valence-corrected chi connectivity index (χ1v) is 8.64. The highest BCUT2D eigenvalue weighted by Crippen LogP contribution is 2.26. The second-order valence-electron chi connectivity index (χ2n) is 6.09. The molecule has 0 radical (unpaired) electrons. The Bertz CT molecular complexity index is 723. The normalized spacial score (nSPS) is 13.4. The van der Waals surface area contributed by atoms with Gasteiger partial charge in [0.05, 0.1) is 12.5 Å². The standard InChI is InChI=1S/C20H25NO4/c1-3-4-12-25-14(2)20(24)21-18(13-19(22)23)17-11-7-9-15-8-5-6-10-16(15)17/h5-11,14,18H,3-4,12-13H2,1-2H3,(H,21,24)(H,22,23)/t14?,18-/m1/s1. The van der Waals surface area contributed by atoms with Gasteiger partial charge in [0.15, 0.2) is 0 Å². The number of carbonyl (C=O) groups excluding carboxylic acids is 1. The van der Waals surface area contributed by atoms with E-state index in [0.29, 0.717) is 6.61 Å². The Morgan fingerprint density at radius 3 is 2.60 bits per heavy atom. The van der Waals surface area contributed by atoms with Gasteiger partial charge in [-0.05, 0) is 29.7 Å². The molecule has 0 aromatic heterocycles. The Kier molecular flexibility index (Phi) is 6.95. The lowest BCUT2D eigenvalue weighted by atomic mass is 9.96. The molecule has 134 valence electrons. The van der Waals surface area contributed by atoms with Crippen molar-refractivity contribution in [2.24, 2.45) is 0 Å². The lowest BCUT2D eigenvalue weighted by Crippen LogP contribution is -2.38. The average molecular weight is 343 g/mol. The molecule has 25 heavy (non-hydrogen) atoms. The fraction of sp³-hybridized carbons (Fsp3) is 0.400. The number of carboxylic acid groups (broad SMARTS) is 1. The zero-order valence-electron chi connectivity index (χ0n) is 14.7. The van der Waals surface area contributed by atoms with E-state index in [0.717, 1.165) is 29.2 Å². The molecular formula is C20H25NO4. The van der Waals surface area contributed by atoms with E-state index < -0.39 is 18.1 Å².